The summed E-state index contributed by atoms with van der Waals surface area (Å²) in [4.78, 5) is 18.2. The third-order valence-electron chi connectivity index (χ3n) is 4.16. The van der Waals surface area contributed by atoms with Crippen molar-refractivity contribution in [2.45, 2.75) is 12.3 Å². The Kier molecular flexibility index (Phi) is 3.59. The number of aromatic amines is 2. The highest BCUT2D eigenvalue weighted by Crippen LogP contribution is 2.37. The van der Waals surface area contributed by atoms with Gasteiger partial charge < -0.3 is 14.7 Å². The van der Waals surface area contributed by atoms with Crippen LogP contribution in [0.5, 0.6) is 0 Å². The first-order valence-electron chi connectivity index (χ1n) is 7.13. The number of ether oxygens (including phenoxy) is 1. The highest BCUT2D eigenvalue weighted by molar-refractivity contribution is 5.89. The molecule has 4 heteroatoms. The summed E-state index contributed by atoms with van der Waals surface area (Å²) in [6, 6.07) is 15.6. The van der Waals surface area contributed by atoms with E-state index in [1.807, 2.05) is 36.7 Å². The fraction of sp³-hybridized carbons (Fsp3) is 0.167. The molecule has 4 nitrogen and oxygen atoms in total. The lowest BCUT2D eigenvalue weighted by atomic mass is 9.76. The predicted molar refractivity (Wildman–Crippen MR) is 84.9 cm³/mol. The molecule has 2 aromatic heterocycles. The summed E-state index contributed by atoms with van der Waals surface area (Å²) in [5, 5.41) is 0. The zero-order valence-electron chi connectivity index (χ0n) is 12.6. The van der Waals surface area contributed by atoms with Crippen LogP contribution in [0.2, 0.25) is 0 Å². The molecular weight excluding hydrogens is 276 g/mol. The van der Waals surface area contributed by atoms with E-state index < -0.39 is 0 Å². The van der Waals surface area contributed by atoms with Crippen molar-refractivity contribution in [3.05, 3.63) is 83.4 Å². The molecule has 0 spiro atoms. The van der Waals surface area contributed by atoms with Crippen molar-refractivity contribution in [2.75, 3.05) is 7.11 Å². The van der Waals surface area contributed by atoms with Crippen LogP contribution >= 0.6 is 0 Å². The van der Waals surface area contributed by atoms with Gasteiger partial charge in [0.15, 0.2) is 0 Å². The number of methoxy groups -OCH3 is 1. The van der Waals surface area contributed by atoms with Crippen LogP contribution < -0.4 is 0 Å². The molecule has 1 aromatic carbocycles. The molecule has 2 N–H and O–H groups in total. The van der Waals surface area contributed by atoms with Gasteiger partial charge in [-0.15, -0.1) is 0 Å². The van der Waals surface area contributed by atoms with Crippen LogP contribution in [-0.4, -0.2) is 23.0 Å². The van der Waals surface area contributed by atoms with Crippen LogP contribution in [-0.2, 0) is 10.2 Å². The quantitative estimate of drug-likeness (QED) is 0.724. The number of carbonyl (C=O) groups is 1. The molecule has 0 radical (unpaired) electrons. The summed E-state index contributed by atoms with van der Waals surface area (Å²) >= 11 is 0. The van der Waals surface area contributed by atoms with Crippen molar-refractivity contribution in [3.8, 4) is 0 Å². The van der Waals surface area contributed by atoms with Crippen molar-refractivity contribution in [3.63, 3.8) is 0 Å². The molecule has 0 bridgehead atoms. The Morgan fingerprint density at radius 2 is 1.50 bits per heavy atom. The fourth-order valence-corrected chi connectivity index (χ4v) is 2.80. The van der Waals surface area contributed by atoms with E-state index in [9.17, 15) is 4.79 Å². The SMILES string of the molecule is COC(=O)c1ccc(C(C)(c2ccc[nH]2)c2ccc[nH]2)cc1. The molecule has 112 valence electrons. The molecular formula is C18H18N2O2. The van der Waals surface area contributed by atoms with Crippen LogP contribution in [0.15, 0.2) is 60.9 Å². The van der Waals surface area contributed by atoms with E-state index in [1.54, 1.807) is 12.1 Å². The van der Waals surface area contributed by atoms with E-state index in [0.29, 0.717) is 5.56 Å². The number of hydrogen-bond acceptors (Lipinski definition) is 2. The lowest BCUT2D eigenvalue weighted by Gasteiger charge is -2.29. The molecule has 0 aliphatic heterocycles. The van der Waals surface area contributed by atoms with E-state index >= 15 is 0 Å². The summed E-state index contributed by atoms with van der Waals surface area (Å²) in [6.45, 7) is 2.15. The minimum Gasteiger partial charge on any atom is -0.465 e. The monoisotopic (exact) mass is 294 g/mol. The van der Waals surface area contributed by atoms with Gasteiger partial charge in [0.2, 0.25) is 0 Å². The number of aromatic nitrogens is 2. The molecule has 2 heterocycles. The van der Waals surface area contributed by atoms with Gasteiger partial charge in [-0.05, 0) is 48.9 Å². The third-order valence-corrected chi connectivity index (χ3v) is 4.16. The number of esters is 1. The topological polar surface area (TPSA) is 57.9 Å². The zero-order valence-corrected chi connectivity index (χ0v) is 12.6. The number of hydrogen-bond donors (Lipinski definition) is 2. The highest BCUT2D eigenvalue weighted by Gasteiger charge is 2.33. The molecule has 22 heavy (non-hydrogen) atoms. The van der Waals surface area contributed by atoms with Gasteiger partial charge in [0.1, 0.15) is 0 Å². The van der Waals surface area contributed by atoms with Gasteiger partial charge >= 0.3 is 5.97 Å². The van der Waals surface area contributed by atoms with E-state index in [4.69, 9.17) is 4.74 Å². The van der Waals surface area contributed by atoms with Crippen LogP contribution in [0.4, 0.5) is 0 Å². The molecule has 3 rings (SSSR count). The summed E-state index contributed by atoms with van der Waals surface area (Å²) < 4.78 is 4.75. The second-order valence-electron chi connectivity index (χ2n) is 5.36. The van der Waals surface area contributed by atoms with E-state index in [0.717, 1.165) is 17.0 Å². The fourth-order valence-electron chi connectivity index (χ4n) is 2.80. The van der Waals surface area contributed by atoms with Crippen molar-refractivity contribution >= 4 is 5.97 Å². The normalized spacial score (nSPS) is 11.4. The zero-order chi connectivity index (χ0) is 15.6. The Hall–Kier alpha value is -2.75. The van der Waals surface area contributed by atoms with Crippen LogP contribution in [0.3, 0.4) is 0 Å². The molecule has 0 saturated heterocycles. The first-order valence-corrected chi connectivity index (χ1v) is 7.13. The summed E-state index contributed by atoms with van der Waals surface area (Å²) in [5.74, 6) is -0.326. The van der Waals surface area contributed by atoms with Crippen molar-refractivity contribution in [2.24, 2.45) is 0 Å². The number of nitrogens with one attached hydrogen (secondary N) is 2. The Morgan fingerprint density at radius 3 is 1.91 bits per heavy atom. The second-order valence-corrected chi connectivity index (χ2v) is 5.36. The molecule has 0 unspecified atom stereocenters. The largest absolute Gasteiger partial charge is 0.465 e. The lowest BCUT2D eigenvalue weighted by molar-refractivity contribution is 0.0600. The second kappa shape index (κ2) is 5.56. The first-order chi connectivity index (χ1) is 10.7. The molecule has 3 aromatic rings. The van der Waals surface area contributed by atoms with Gasteiger partial charge in [-0.25, -0.2) is 4.79 Å². The van der Waals surface area contributed by atoms with Gasteiger partial charge in [0.05, 0.1) is 18.1 Å². The maximum absolute atomic E-state index is 11.6. The number of carbonyl (C=O) groups excluding carboxylic acids is 1. The van der Waals surface area contributed by atoms with E-state index in [-0.39, 0.29) is 11.4 Å². The van der Waals surface area contributed by atoms with Gasteiger partial charge in [0.25, 0.3) is 0 Å². The number of H-pyrrole nitrogens is 2. The summed E-state index contributed by atoms with van der Waals surface area (Å²) in [6.07, 6.45) is 3.83. The molecule has 0 aliphatic carbocycles. The minimum absolute atomic E-state index is 0.326. The average molecular weight is 294 g/mol. The van der Waals surface area contributed by atoms with Crippen molar-refractivity contribution in [1.29, 1.82) is 0 Å². The van der Waals surface area contributed by atoms with Gasteiger partial charge in [-0.2, -0.15) is 0 Å². The maximum atomic E-state index is 11.6. The smallest absolute Gasteiger partial charge is 0.337 e. The summed E-state index contributed by atoms with van der Waals surface area (Å²) in [5.41, 5.74) is 3.46. The summed E-state index contributed by atoms with van der Waals surface area (Å²) in [7, 11) is 1.39. The Morgan fingerprint density at radius 1 is 0.955 bits per heavy atom. The molecule has 0 fully saturated rings. The van der Waals surface area contributed by atoms with Gasteiger partial charge in [-0.3, -0.25) is 0 Å². The number of rotatable bonds is 4. The molecule has 0 atom stereocenters. The molecule has 0 aliphatic rings. The third kappa shape index (κ3) is 2.22. The molecule has 0 amide bonds. The predicted octanol–water partition coefficient (Wildman–Crippen LogP) is 3.48. The van der Waals surface area contributed by atoms with Crippen molar-refractivity contribution < 1.29 is 9.53 Å². The molecule has 0 saturated carbocycles. The average Bonchev–Trinajstić information content (AvgIpc) is 3.26. The van der Waals surface area contributed by atoms with Crippen LogP contribution in [0.1, 0.15) is 34.2 Å². The Balaban J connectivity index is 2.10. The first kappa shape index (κ1) is 14.2. The van der Waals surface area contributed by atoms with Gasteiger partial charge in [-0.1, -0.05) is 12.1 Å². The highest BCUT2D eigenvalue weighted by atomic mass is 16.5. The minimum atomic E-state index is -0.346. The van der Waals surface area contributed by atoms with Crippen LogP contribution in [0.25, 0.3) is 0 Å². The maximum Gasteiger partial charge on any atom is 0.337 e. The van der Waals surface area contributed by atoms with Crippen LogP contribution in [0, 0.1) is 0 Å². The van der Waals surface area contributed by atoms with Crippen molar-refractivity contribution in [1.82, 2.24) is 9.97 Å². The van der Waals surface area contributed by atoms with Gasteiger partial charge in [0, 0.05) is 23.8 Å². The standard InChI is InChI=1S/C18H18N2O2/c1-18(15-5-3-11-19-15,16-6-4-12-20-16)14-9-7-13(8-10-14)17(21)22-2/h3-12,19-20H,1-2H3. The van der Waals surface area contributed by atoms with E-state index in [1.165, 1.54) is 7.11 Å². The Bertz CT molecular complexity index is 707. The number of benzene rings is 1. The van der Waals surface area contributed by atoms with E-state index in [2.05, 4.69) is 29.0 Å². The Labute approximate surface area is 129 Å². The lowest BCUT2D eigenvalue weighted by Crippen LogP contribution is -2.26.